The van der Waals surface area contributed by atoms with Crippen LogP contribution in [0.3, 0.4) is 0 Å². The Kier molecular flexibility index (Phi) is 4.44. The maximum Gasteiger partial charge on any atom is 0.0709 e. The molecule has 0 aromatic rings. The van der Waals surface area contributed by atoms with E-state index in [1.807, 2.05) is 6.92 Å². The molecule has 3 N–H and O–H groups in total. The minimum atomic E-state index is -0.882. The second-order valence-electron chi connectivity index (χ2n) is 9.31. The molecule has 0 aromatic heterocycles. The Labute approximate surface area is 140 Å². The number of rotatable bonds is 2. The lowest BCUT2D eigenvalue weighted by Crippen LogP contribution is -2.45. The van der Waals surface area contributed by atoms with Gasteiger partial charge in [0.05, 0.1) is 11.7 Å². The number of aliphatic hydroxyl groups is 3. The molecule has 23 heavy (non-hydrogen) atoms. The summed E-state index contributed by atoms with van der Waals surface area (Å²) < 4.78 is 0. The molecule has 3 nitrogen and oxygen atoms in total. The Morgan fingerprint density at radius 2 is 2.00 bits per heavy atom. The maximum absolute atomic E-state index is 11.1. The molecular formula is C20H34O3. The van der Waals surface area contributed by atoms with E-state index in [1.165, 1.54) is 18.4 Å². The fourth-order valence-electron chi connectivity index (χ4n) is 6.09. The van der Waals surface area contributed by atoms with Crippen LogP contribution in [0.4, 0.5) is 0 Å². The first-order chi connectivity index (χ1) is 10.7. The van der Waals surface area contributed by atoms with Crippen molar-refractivity contribution in [3.05, 3.63) is 11.6 Å². The molecule has 0 amide bonds. The Morgan fingerprint density at radius 3 is 2.61 bits per heavy atom. The summed E-state index contributed by atoms with van der Waals surface area (Å²) in [6.07, 6.45) is 6.47. The first-order valence-electron chi connectivity index (χ1n) is 9.41. The molecule has 0 spiro atoms. The highest BCUT2D eigenvalue weighted by Gasteiger charge is 2.55. The van der Waals surface area contributed by atoms with Gasteiger partial charge in [0.2, 0.25) is 0 Å². The molecule has 3 aliphatic rings. The van der Waals surface area contributed by atoms with Crippen LogP contribution in [-0.4, -0.2) is 33.6 Å². The van der Waals surface area contributed by atoms with Crippen molar-refractivity contribution in [1.82, 2.24) is 0 Å². The zero-order valence-electron chi connectivity index (χ0n) is 15.1. The van der Waals surface area contributed by atoms with Crippen molar-refractivity contribution in [1.29, 1.82) is 0 Å². The third-order valence-electron chi connectivity index (χ3n) is 7.31. The van der Waals surface area contributed by atoms with Gasteiger partial charge in [0, 0.05) is 12.5 Å². The van der Waals surface area contributed by atoms with Crippen LogP contribution in [0.2, 0.25) is 0 Å². The SMILES string of the molecule is CC(C)[C@@H]1CC[C@]2(C)C[C@@H]3[C@H](CO)C[C@H](O)[C@@H]3[C@](C)(O)CC=C12. The van der Waals surface area contributed by atoms with Crippen LogP contribution in [-0.2, 0) is 0 Å². The Hall–Kier alpha value is -0.380. The maximum atomic E-state index is 11.1. The topological polar surface area (TPSA) is 60.7 Å². The van der Waals surface area contributed by atoms with Crippen LogP contribution in [0.25, 0.3) is 0 Å². The lowest BCUT2D eigenvalue weighted by molar-refractivity contribution is -0.0709. The van der Waals surface area contributed by atoms with Crippen molar-refractivity contribution in [2.75, 3.05) is 6.61 Å². The van der Waals surface area contributed by atoms with Crippen LogP contribution in [0, 0.1) is 35.0 Å². The molecule has 0 radical (unpaired) electrons. The summed E-state index contributed by atoms with van der Waals surface area (Å²) in [5, 5.41) is 31.4. The molecule has 0 heterocycles. The average Bonchev–Trinajstić information content (AvgIpc) is 2.93. The molecule has 0 saturated heterocycles. The monoisotopic (exact) mass is 322 g/mol. The van der Waals surface area contributed by atoms with Gasteiger partial charge in [0.25, 0.3) is 0 Å². The lowest BCUT2D eigenvalue weighted by Gasteiger charge is -2.43. The van der Waals surface area contributed by atoms with Crippen molar-refractivity contribution in [3.63, 3.8) is 0 Å². The van der Waals surface area contributed by atoms with Crippen LogP contribution in [0.1, 0.15) is 59.8 Å². The van der Waals surface area contributed by atoms with E-state index in [-0.39, 0.29) is 29.8 Å². The molecule has 7 atom stereocenters. The minimum absolute atomic E-state index is 0.118. The Balaban J connectivity index is 2.01. The first kappa shape index (κ1) is 17.4. The summed E-state index contributed by atoms with van der Waals surface area (Å²) in [5.74, 6) is 1.46. The first-order valence-corrected chi connectivity index (χ1v) is 9.41. The van der Waals surface area contributed by atoms with Crippen molar-refractivity contribution in [3.8, 4) is 0 Å². The molecule has 0 aliphatic heterocycles. The highest BCUT2D eigenvalue weighted by molar-refractivity contribution is 5.26. The molecule has 0 aromatic carbocycles. The normalized spacial score (nSPS) is 50.3. The summed E-state index contributed by atoms with van der Waals surface area (Å²) in [4.78, 5) is 0. The van der Waals surface area contributed by atoms with E-state index < -0.39 is 11.7 Å². The van der Waals surface area contributed by atoms with Gasteiger partial charge in [-0.25, -0.2) is 0 Å². The standard InChI is InChI=1S/C20H34O3/c1-12(2)14-5-7-19(3)10-15-13(11-21)9-17(22)18(15)20(4,23)8-6-16(14)19/h6,12-15,17-18,21-23H,5,7-11H2,1-4H3/t13-,14-,15+,17-,18+,19+,20+/m0/s1. The molecule has 2 saturated carbocycles. The Bertz CT molecular complexity index is 481. The zero-order chi connectivity index (χ0) is 17.0. The van der Waals surface area contributed by atoms with E-state index in [1.54, 1.807) is 0 Å². The molecule has 0 bridgehead atoms. The van der Waals surface area contributed by atoms with Crippen molar-refractivity contribution < 1.29 is 15.3 Å². The summed E-state index contributed by atoms with van der Waals surface area (Å²) >= 11 is 0. The van der Waals surface area contributed by atoms with E-state index in [2.05, 4.69) is 26.8 Å². The fraction of sp³-hybridized carbons (Fsp3) is 0.900. The third kappa shape index (κ3) is 2.79. The third-order valence-corrected chi connectivity index (χ3v) is 7.31. The van der Waals surface area contributed by atoms with Gasteiger partial charge in [-0.2, -0.15) is 0 Å². The number of allylic oxidation sites excluding steroid dienone is 1. The summed E-state index contributed by atoms with van der Waals surface area (Å²) in [5.41, 5.74) is 0.822. The highest BCUT2D eigenvalue weighted by Crippen LogP contribution is 2.58. The number of hydrogen-bond donors (Lipinski definition) is 3. The molecule has 3 rings (SSSR count). The molecule has 0 unspecified atom stereocenters. The number of hydrogen-bond acceptors (Lipinski definition) is 3. The zero-order valence-corrected chi connectivity index (χ0v) is 15.1. The second kappa shape index (κ2) is 5.86. The van der Waals surface area contributed by atoms with E-state index in [9.17, 15) is 15.3 Å². The molecule has 3 heteroatoms. The fourth-order valence-corrected chi connectivity index (χ4v) is 6.09. The molecular weight excluding hydrogens is 288 g/mol. The van der Waals surface area contributed by atoms with Crippen LogP contribution in [0.15, 0.2) is 11.6 Å². The van der Waals surface area contributed by atoms with E-state index >= 15 is 0 Å². The van der Waals surface area contributed by atoms with Crippen molar-refractivity contribution in [2.45, 2.75) is 71.5 Å². The van der Waals surface area contributed by atoms with Gasteiger partial charge in [0.1, 0.15) is 0 Å². The van der Waals surface area contributed by atoms with Crippen molar-refractivity contribution in [2.24, 2.45) is 35.0 Å². The van der Waals surface area contributed by atoms with Gasteiger partial charge in [-0.05, 0) is 68.1 Å². The van der Waals surface area contributed by atoms with Crippen LogP contribution in [0.5, 0.6) is 0 Å². The van der Waals surface area contributed by atoms with Gasteiger partial charge in [-0.1, -0.05) is 32.4 Å². The summed E-state index contributed by atoms with van der Waals surface area (Å²) in [7, 11) is 0. The van der Waals surface area contributed by atoms with E-state index in [4.69, 9.17) is 0 Å². The predicted molar refractivity (Wildman–Crippen MR) is 91.8 cm³/mol. The lowest BCUT2D eigenvalue weighted by atomic mass is 9.64. The summed E-state index contributed by atoms with van der Waals surface area (Å²) in [6.45, 7) is 8.97. The second-order valence-corrected chi connectivity index (χ2v) is 9.31. The van der Waals surface area contributed by atoms with Gasteiger partial charge < -0.3 is 15.3 Å². The summed E-state index contributed by atoms with van der Waals surface area (Å²) in [6, 6.07) is 0. The van der Waals surface area contributed by atoms with E-state index in [0.717, 1.165) is 6.42 Å². The largest absolute Gasteiger partial charge is 0.396 e. The number of aliphatic hydroxyl groups excluding tert-OH is 2. The number of fused-ring (bicyclic) bond motifs is 2. The van der Waals surface area contributed by atoms with Gasteiger partial charge in [0.15, 0.2) is 0 Å². The smallest absolute Gasteiger partial charge is 0.0709 e. The molecule has 2 fully saturated rings. The van der Waals surface area contributed by atoms with Crippen LogP contribution >= 0.6 is 0 Å². The van der Waals surface area contributed by atoms with Gasteiger partial charge in [-0.15, -0.1) is 0 Å². The minimum Gasteiger partial charge on any atom is -0.396 e. The Morgan fingerprint density at radius 1 is 1.30 bits per heavy atom. The molecule has 3 aliphatic carbocycles. The molecule has 132 valence electrons. The quantitative estimate of drug-likeness (QED) is 0.685. The van der Waals surface area contributed by atoms with E-state index in [0.29, 0.717) is 24.7 Å². The predicted octanol–water partition coefficient (Wildman–Crippen LogP) is 3.14. The van der Waals surface area contributed by atoms with Gasteiger partial charge in [-0.3, -0.25) is 0 Å². The average molecular weight is 322 g/mol. The van der Waals surface area contributed by atoms with Crippen molar-refractivity contribution >= 4 is 0 Å². The highest BCUT2D eigenvalue weighted by atomic mass is 16.3. The van der Waals surface area contributed by atoms with Gasteiger partial charge >= 0.3 is 0 Å². The van der Waals surface area contributed by atoms with Crippen LogP contribution < -0.4 is 0 Å².